The third-order valence-electron chi connectivity index (χ3n) is 7.28. The summed E-state index contributed by atoms with van der Waals surface area (Å²) in [4.78, 5) is 0. The first-order valence-electron chi connectivity index (χ1n) is 12.1. The van der Waals surface area contributed by atoms with E-state index in [1.807, 2.05) is 6.92 Å². The molecule has 2 aromatic carbocycles. The second-order valence-corrected chi connectivity index (χ2v) is 10.1. The van der Waals surface area contributed by atoms with Gasteiger partial charge in [0.15, 0.2) is 0 Å². The Labute approximate surface area is 195 Å². The fourth-order valence-corrected chi connectivity index (χ4v) is 5.85. The van der Waals surface area contributed by atoms with Crippen LogP contribution in [0.25, 0.3) is 27.6 Å². The third kappa shape index (κ3) is 3.15. The van der Waals surface area contributed by atoms with Crippen LogP contribution in [0, 0.1) is 5.92 Å². The van der Waals surface area contributed by atoms with E-state index < -0.39 is 0 Å². The number of benzene rings is 2. The van der Waals surface area contributed by atoms with Crippen molar-refractivity contribution in [1.29, 1.82) is 0 Å². The summed E-state index contributed by atoms with van der Waals surface area (Å²) in [5.74, 6) is 1.87. The molecule has 4 atom stereocenters. The Morgan fingerprint density at radius 2 is 1.88 bits per heavy atom. The van der Waals surface area contributed by atoms with Crippen molar-refractivity contribution in [2.75, 3.05) is 7.11 Å². The Morgan fingerprint density at radius 3 is 2.67 bits per heavy atom. The Kier molecular flexibility index (Phi) is 4.70. The lowest BCUT2D eigenvalue weighted by Gasteiger charge is -2.17. The van der Waals surface area contributed by atoms with E-state index in [1.165, 1.54) is 38.8 Å². The van der Waals surface area contributed by atoms with Gasteiger partial charge in [-0.1, -0.05) is 44.2 Å². The molecule has 4 unspecified atom stereocenters. The maximum absolute atomic E-state index is 6.59. The summed E-state index contributed by atoms with van der Waals surface area (Å²) in [6, 6.07) is 18.5. The highest BCUT2D eigenvalue weighted by Gasteiger charge is 2.56. The van der Waals surface area contributed by atoms with Gasteiger partial charge in [0.05, 0.1) is 42.3 Å². The summed E-state index contributed by atoms with van der Waals surface area (Å²) in [5.41, 5.74) is 6.67. The van der Waals surface area contributed by atoms with Gasteiger partial charge in [-0.15, -0.1) is 0 Å². The van der Waals surface area contributed by atoms with Crippen molar-refractivity contribution in [3.63, 3.8) is 0 Å². The zero-order valence-electron chi connectivity index (χ0n) is 20.1. The first-order valence-corrected chi connectivity index (χ1v) is 12.1. The number of rotatable bonds is 6. The molecule has 1 saturated carbocycles. The zero-order chi connectivity index (χ0) is 22.9. The largest absolute Gasteiger partial charge is 0.502 e. The van der Waals surface area contributed by atoms with E-state index in [-0.39, 0.29) is 12.2 Å². The Hall–Kier alpha value is -2.98. The van der Waals surface area contributed by atoms with E-state index in [0.29, 0.717) is 17.9 Å². The van der Waals surface area contributed by atoms with Crippen molar-refractivity contribution in [3.05, 3.63) is 77.7 Å². The maximum atomic E-state index is 6.59. The van der Waals surface area contributed by atoms with E-state index in [2.05, 4.69) is 90.7 Å². The predicted molar refractivity (Wildman–Crippen MR) is 134 cm³/mol. The van der Waals surface area contributed by atoms with E-state index in [4.69, 9.17) is 9.47 Å². The standard InChI is InChI=1S/C29H32N2O2/c1-17(2)14-20-10-11-23-25(16-20)31-24-9-7-6-8-21(24)22-12-13-30(29(22)31)27-26(23)28(27)33-19(4)15-18(3)32-5/h6-13,15-17,19,26-28H,14H2,1-5H3. The molecular formula is C29H32N2O2. The molecule has 1 aliphatic heterocycles. The fraction of sp³-hybridized carbons (Fsp3) is 0.379. The Balaban J connectivity index is 1.54. The van der Waals surface area contributed by atoms with Crippen LogP contribution in [-0.4, -0.2) is 28.5 Å². The number of allylic oxidation sites excluding steroid dienone is 1. The number of nitrogens with zero attached hydrogens (tertiary/aromatic N) is 2. The number of aromatic nitrogens is 2. The molecule has 0 N–H and O–H groups in total. The molecule has 33 heavy (non-hydrogen) atoms. The molecule has 0 amide bonds. The van der Waals surface area contributed by atoms with Crippen molar-refractivity contribution < 1.29 is 9.47 Å². The SMILES string of the molecule is COC(C)=CC(C)OC1C2c3ccc(CC(C)C)cc3-n3c4ccccc4c4ccn(c43)C12. The summed E-state index contributed by atoms with van der Waals surface area (Å²) in [6.07, 6.45) is 5.56. The van der Waals surface area contributed by atoms with Crippen molar-refractivity contribution >= 4 is 21.9 Å². The van der Waals surface area contributed by atoms with Gasteiger partial charge in [-0.2, -0.15) is 0 Å². The summed E-state index contributed by atoms with van der Waals surface area (Å²) in [5, 5.41) is 2.63. The lowest BCUT2D eigenvalue weighted by molar-refractivity contribution is 0.0691. The summed E-state index contributed by atoms with van der Waals surface area (Å²) in [7, 11) is 1.71. The van der Waals surface area contributed by atoms with Gasteiger partial charge < -0.3 is 14.0 Å². The molecule has 0 saturated heterocycles. The normalized spacial score (nSPS) is 22.4. The molecule has 1 aliphatic carbocycles. The monoisotopic (exact) mass is 440 g/mol. The second kappa shape index (κ2) is 7.53. The van der Waals surface area contributed by atoms with Gasteiger partial charge in [-0.3, -0.25) is 4.57 Å². The minimum atomic E-state index is 0.00227. The van der Waals surface area contributed by atoms with Crippen LogP contribution in [0.4, 0.5) is 0 Å². The molecule has 6 rings (SSSR count). The number of hydrogen-bond donors (Lipinski definition) is 0. The second-order valence-electron chi connectivity index (χ2n) is 10.1. The van der Waals surface area contributed by atoms with Gasteiger partial charge in [0.1, 0.15) is 5.65 Å². The van der Waals surface area contributed by atoms with Gasteiger partial charge in [0, 0.05) is 22.9 Å². The van der Waals surface area contributed by atoms with Crippen molar-refractivity contribution in [2.45, 2.75) is 58.3 Å². The average Bonchev–Trinajstić information content (AvgIpc) is 3.18. The van der Waals surface area contributed by atoms with Crippen LogP contribution in [0.15, 0.2) is 66.6 Å². The minimum Gasteiger partial charge on any atom is -0.502 e. The van der Waals surface area contributed by atoms with Gasteiger partial charge in [0.25, 0.3) is 0 Å². The number of fused-ring (bicyclic) bond motifs is 8. The molecule has 0 radical (unpaired) electrons. The van der Waals surface area contributed by atoms with Crippen LogP contribution < -0.4 is 0 Å². The van der Waals surface area contributed by atoms with E-state index in [1.54, 1.807) is 7.11 Å². The highest BCUT2D eigenvalue weighted by Crippen LogP contribution is 2.59. The lowest BCUT2D eigenvalue weighted by atomic mass is 9.98. The predicted octanol–water partition coefficient (Wildman–Crippen LogP) is 6.76. The van der Waals surface area contributed by atoms with Gasteiger partial charge in [-0.05, 0) is 61.6 Å². The van der Waals surface area contributed by atoms with E-state index >= 15 is 0 Å². The van der Waals surface area contributed by atoms with Crippen molar-refractivity contribution in [3.8, 4) is 5.69 Å². The first kappa shape index (κ1) is 20.6. The average molecular weight is 441 g/mol. The summed E-state index contributed by atoms with van der Waals surface area (Å²) in [6.45, 7) is 8.66. The molecule has 0 bridgehead atoms. The molecule has 4 heteroatoms. The Morgan fingerprint density at radius 1 is 1.06 bits per heavy atom. The number of para-hydroxylation sites is 1. The highest BCUT2D eigenvalue weighted by atomic mass is 16.5. The summed E-state index contributed by atoms with van der Waals surface area (Å²) >= 11 is 0. The number of methoxy groups -OCH3 is 1. The maximum Gasteiger partial charge on any atom is 0.126 e. The van der Waals surface area contributed by atoms with Crippen molar-refractivity contribution in [2.24, 2.45) is 5.92 Å². The van der Waals surface area contributed by atoms with Crippen LogP contribution in [0.3, 0.4) is 0 Å². The number of ether oxygens (including phenoxy) is 2. The third-order valence-corrected chi connectivity index (χ3v) is 7.28. The molecule has 4 nitrogen and oxygen atoms in total. The fourth-order valence-electron chi connectivity index (χ4n) is 5.85. The molecule has 4 aromatic rings. The van der Waals surface area contributed by atoms with Crippen LogP contribution in [0.1, 0.15) is 50.8 Å². The molecule has 170 valence electrons. The minimum absolute atomic E-state index is 0.00227. The number of hydrogen-bond acceptors (Lipinski definition) is 2. The van der Waals surface area contributed by atoms with Gasteiger partial charge >= 0.3 is 0 Å². The molecule has 2 aromatic heterocycles. The highest BCUT2D eigenvalue weighted by molar-refractivity contribution is 6.09. The van der Waals surface area contributed by atoms with Crippen LogP contribution in [0.5, 0.6) is 0 Å². The topological polar surface area (TPSA) is 28.3 Å². The van der Waals surface area contributed by atoms with Crippen LogP contribution >= 0.6 is 0 Å². The van der Waals surface area contributed by atoms with Crippen LogP contribution in [-0.2, 0) is 15.9 Å². The Bertz CT molecular complexity index is 1390. The molecule has 2 aliphatic rings. The van der Waals surface area contributed by atoms with E-state index in [9.17, 15) is 0 Å². The lowest BCUT2D eigenvalue weighted by Crippen LogP contribution is -2.13. The molecule has 1 fully saturated rings. The molecular weight excluding hydrogens is 408 g/mol. The van der Waals surface area contributed by atoms with Crippen molar-refractivity contribution in [1.82, 2.24) is 9.13 Å². The van der Waals surface area contributed by atoms with Gasteiger partial charge in [0.2, 0.25) is 0 Å². The van der Waals surface area contributed by atoms with Crippen LogP contribution in [0.2, 0.25) is 0 Å². The van der Waals surface area contributed by atoms with Gasteiger partial charge in [-0.25, -0.2) is 0 Å². The molecule has 3 heterocycles. The molecule has 0 spiro atoms. The quantitative estimate of drug-likeness (QED) is 0.310. The smallest absolute Gasteiger partial charge is 0.126 e. The zero-order valence-corrected chi connectivity index (χ0v) is 20.1. The summed E-state index contributed by atoms with van der Waals surface area (Å²) < 4.78 is 16.9. The van der Waals surface area contributed by atoms with E-state index in [0.717, 1.165) is 12.2 Å². The first-order chi connectivity index (χ1) is 16.0.